The molecule has 2 N–H and O–H groups in total. The van der Waals surface area contributed by atoms with Gasteiger partial charge in [-0.2, -0.15) is 0 Å². The van der Waals surface area contributed by atoms with Gasteiger partial charge in [-0.25, -0.2) is 4.99 Å². The summed E-state index contributed by atoms with van der Waals surface area (Å²) in [5.74, 6) is 3.13. The Morgan fingerprint density at radius 2 is 2.08 bits per heavy atom. The topological polar surface area (TPSA) is 75.6 Å². The summed E-state index contributed by atoms with van der Waals surface area (Å²) in [6.45, 7) is 10.4. The Bertz CT molecular complexity index is 601. The van der Waals surface area contributed by atoms with Crippen molar-refractivity contribution in [2.75, 3.05) is 13.1 Å². The summed E-state index contributed by atoms with van der Waals surface area (Å²) < 4.78 is 10.5. The van der Waals surface area contributed by atoms with E-state index in [0.717, 1.165) is 48.2 Å². The fourth-order valence-electron chi connectivity index (χ4n) is 2.12. The predicted molar refractivity (Wildman–Crippen MR) is 106 cm³/mol. The molecule has 0 saturated heterocycles. The van der Waals surface area contributed by atoms with E-state index in [-0.39, 0.29) is 24.0 Å². The number of guanidine groups is 1. The molecule has 0 bridgehead atoms. The molecule has 0 aliphatic heterocycles. The quantitative estimate of drug-likeness (QED) is 0.387. The zero-order valence-electron chi connectivity index (χ0n) is 14.8. The van der Waals surface area contributed by atoms with Crippen LogP contribution >= 0.6 is 24.0 Å². The van der Waals surface area contributed by atoms with Gasteiger partial charge in [0.15, 0.2) is 5.96 Å². The number of furan rings is 1. The van der Waals surface area contributed by atoms with Crippen molar-refractivity contribution in [2.45, 2.75) is 40.7 Å². The van der Waals surface area contributed by atoms with E-state index in [1.54, 1.807) is 6.26 Å². The molecule has 0 aliphatic rings. The van der Waals surface area contributed by atoms with Gasteiger partial charge < -0.3 is 19.6 Å². The van der Waals surface area contributed by atoms with Crippen LogP contribution in [0.15, 0.2) is 32.3 Å². The summed E-state index contributed by atoms with van der Waals surface area (Å²) in [6, 6.07) is 3.88. The number of hydrogen-bond donors (Lipinski definition) is 2. The average Bonchev–Trinajstić information content (AvgIpc) is 3.13. The first kappa shape index (κ1) is 20.5. The lowest BCUT2D eigenvalue weighted by Crippen LogP contribution is -2.40. The number of nitrogens with zero attached hydrogens (tertiary/aromatic N) is 2. The molecule has 2 heterocycles. The summed E-state index contributed by atoms with van der Waals surface area (Å²) in [5, 5.41) is 10.7. The minimum absolute atomic E-state index is 0. The molecule has 0 radical (unpaired) electrons. The number of rotatable bonds is 7. The largest absolute Gasteiger partial charge is 0.469 e. The summed E-state index contributed by atoms with van der Waals surface area (Å²) in [6.07, 6.45) is 2.51. The molecular formula is C17H27IN4O2. The molecule has 0 spiro atoms. The molecule has 0 atom stereocenters. The molecule has 7 heteroatoms. The molecule has 0 aliphatic carbocycles. The van der Waals surface area contributed by atoms with Gasteiger partial charge in [0.1, 0.15) is 11.5 Å². The van der Waals surface area contributed by atoms with Crippen LogP contribution in [0.4, 0.5) is 0 Å². The fourth-order valence-corrected chi connectivity index (χ4v) is 2.12. The predicted octanol–water partition coefficient (Wildman–Crippen LogP) is 3.44. The molecule has 0 aromatic carbocycles. The van der Waals surface area contributed by atoms with E-state index in [1.807, 2.05) is 26.0 Å². The number of aryl methyl sites for hydroxylation is 2. The molecule has 0 saturated carbocycles. The minimum Gasteiger partial charge on any atom is -0.469 e. The highest BCUT2D eigenvalue weighted by Crippen LogP contribution is 2.13. The zero-order valence-corrected chi connectivity index (χ0v) is 17.1. The maximum absolute atomic E-state index is 5.34. The first-order chi connectivity index (χ1) is 11.1. The summed E-state index contributed by atoms with van der Waals surface area (Å²) in [5.41, 5.74) is 1.94. The van der Waals surface area contributed by atoms with Crippen LogP contribution in [-0.2, 0) is 13.0 Å². The third-order valence-corrected chi connectivity index (χ3v) is 3.50. The second-order valence-electron chi connectivity index (χ2n) is 6.00. The molecule has 2 rings (SSSR count). The number of aliphatic imine (C=N–C) groups is 1. The lowest BCUT2D eigenvalue weighted by atomic mass is 10.2. The summed E-state index contributed by atoms with van der Waals surface area (Å²) in [4.78, 5) is 4.64. The third-order valence-electron chi connectivity index (χ3n) is 3.50. The van der Waals surface area contributed by atoms with Crippen LogP contribution < -0.4 is 10.6 Å². The summed E-state index contributed by atoms with van der Waals surface area (Å²) in [7, 11) is 0. The Morgan fingerprint density at radius 1 is 1.29 bits per heavy atom. The molecule has 134 valence electrons. The van der Waals surface area contributed by atoms with E-state index >= 15 is 0 Å². The normalized spacial score (nSPS) is 11.5. The number of aromatic nitrogens is 1. The number of halogens is 1. The van der Waals surface area contributed by atoms with E-state index in [2.05, 4.69) is 34.6 Å². The van der Waals surface area contributed by atoms with Gasteiger partial charge >= 0.3 is 0 Å². The first-order valence-corrected chi connectivity index (χ1v) is 8.02. The maximum atomic E-state index is 5.34. The Hall–Kier alpha value is -1.51. The van der Waals surface area contributed by atoms with Crippen molar-refractivity contribution < 1.29 is 8.94 Å². The van der Waals surface area contributed by atoms with Crippen molar-refractivity contribution in [3.8, 4) is 0 Å². The van der Waals surface area contributed by atoms with Crippen LogP contribution in [0.2, 0.25) is 0 Å². The Kier molecular flexibility index (Phi) is 8.88. The SMILES string of the molecule is Cc1noc(C)c1CN=C(NCCc1ccco1)NCC(C)C.I. The van der Waals surface area contributed by atoms with Gasteiger partial charge in [-0.3, -0.25) is 0 Å². The van der Waals surface area contributed by atoms with Gasteiger partial charge in [-0.1, -0.05) is 19.0 Å². The maximum Gasteiger partial charge on any atom is 0.191 e. The van der Waals surface area contributed by atoms with Gasteiger partial charge in [0.2, 0.25) is 0 Å². The second-order valence-corrected chi connectivity index (χ2v) is 6.00. The van der Waals surface area contributed by atoms with Gasteiger partial charge in [0.25, 0.3) is 0 Å². The Balaban J connectivity index is 0.00000288. The number of hydrogen-bond acceptors (Lipinski definition) is 4. The van der Waals surface area contributed by atoms with Gasteiger partial charge in [-0.15, -0.1) is 24.0 Å². The molecule has 24 heavy (non-hydrogen) atoms. The van der Waals surface area contributed by atoms with Crippen molar-refractivity contribution in [2.24, 2.45) is 10.9 Å². The van der Waals surface area contributed by atoms with Gasteiger partial charge in [-0.05, 0) is 31.9 Å². The van der Waals surface area contributed by atoms with E-state index in [4.69, 9.17) is 8.94 Å². The molecule has 2 aromatic heterocycles. The minimum atomic E-state index is 0. The van der Waals surface area contributed by atoms with Crippen molar-refractivity contribution >= 4 is 29.9 Å². The average molecular weight is 446 g/mol. The highest BCUT2D eigenvalue weighted by molar-refractivity contribution is 14.0. The number of nitrogens with one attached hydrogen (secondary N) is 2. The highest BCUT2D eigenvalue weighted by atomic mass is 127. The van der Waals surface area contributed by atoms with Crippen LogP contribution in [0, 0.1) is 19.8 Å². The second kappa shape index (κ2) is 10.4. The highest BCUT2D eigenvalue weighted by Gasteiger charge is 2.09. The Morgan fingerprint density at radius 3 is 2.67 bits per heavy atom. The van der Waals surface area contributed by atoms with Crippen LogP contribution in [-0.4, -0.2) is 24.2 Å². The van der Waals surface area contributed by atoms with Crippen molar-refractivity contribution in [1.29, 1.82) is 0 Å². The van der Waals surface area contributed by atoms with Gasteiger partial charge in [0, 0.05) is 25.1 Å². The van der Waals surface area contributed by atoms with Crippen LogP contribution in [0.1, 0.15) is 36.6 Å². The van der Waals surface area contributed by atoms with Crippen molar-refractivity contribution in [1.82, 2.24) is 15.8 Å². The smallest absolute Gasteiger partial charge is 0.191 e. The van der Waals surface area contributed by atoms with E-state index in [1.165, 1.54) is 0 Å². The van der Waals surface area contributed by atoms with Crippen LogP contribution in [0.3, 0.4) is 0 Å². The molecule has 0 amide bonds. The molecule has 0 fully saturated rings. The van der Waals surface area contributed by atoms with Crippen molar-refractivity contribution in [3.63, 3.8) is 0 Å². The molecule has 0 unspecified atom stereocenters. The molecular weight excluding hydrogens is 419 g/mol. The lowest BCUT2D eigenvalue weighted by molar-refractivity contribution is 0.392. The Labute approximate surface area is 160 Å². The van der Waals surface area contributed by atoms with Gasteiger partial charge in [0.05, 0.1) is 18.5 Å². The van der Waals surface area contributed by atoms with E-state index in [9.17, 15) is 0 Å². The molecule has 6 nitrogen and oxygen atoms in total. The fraction of sp³-hybridized carbons (Fsp3) is 0.529. The molecule has 2 aromatic rings. The zero-order chi connectivity index (χ0) is 16.7. The third kappa shape index (κ3) is 6.54. The first-order valence-electron chi connectivity index (χ1n) is 8.02. The van der Waals surface area contributed by atoms with Crippen molar-refractivity contribution in [3.05, 3.63) is 41.2 Å². The van der Waals surface area contributed by atoms with E-state index in [0.29, 0.717) is 12.5 Å². The standard InChI is InChI=1S/C17H26N4O2.HI/c1-12(2)10-19-17(18-8-7-15-6-5-9-22-15)20-11-16-13(3)21-23-14(16)4;/h5-6,9,12H,7-8,10-11H2,1-4H3,(H2,18,19,20);1H. The van der Waals surface area contributed by atoms with Crippen LogP contribution in [0.5, 0.6) is 0 Å². The van der Waals surface area contributed by atoms with E-state index < -0.39 is 0 Å². The monoisotopic (exact) mass is 446 g/mol. The summed E-state index contributed by atoms with van der Waals surface area (Å²) >= 11 is 0. The van der Waals surface area contributed by atoms with Crippen LogP contribution in [0.25, 0.3) is 0 Å². The lowest BCUT2D eigenvalue weighted by Gasteiger charge is -2.13.